The Kier molecular flexibility index (Phi) is 5.74. The molecule has 0 fully saturated rings. The van der Waals surface area contributed by atoms with E-state index in [0.29, 0.717) is 16.6 Å². The molecule has 0 aromatic heterocycles. The predicted molar refractivity (Wildman–Crippen MR) is 80.4 cm³/mol. The topological polar surface area (TPSA) is 52.6 Å². The predicted octanol–water partition coefficient (Wildman–Crippen LogP) is 3.50. The Hall–Kier alpha value is -1.36. The van der Waals surface area contributed by atoms with Gasteiger partial charge in [0.05, 0.1) is 0 Å². The van der Waals surface area contributed by atoms with Crippen LogP contribution in [0.5, 0.6) is 5.75 Å². The zero-order valence-electron chi connectivity index (χ0n) is 12.2. The van der Waals surface area contributed by atoms with Crippen LogP contribution in [0, 0.1) is 0 Å². The van der Waals surface area contributed by atoms with Crippen LogP contribution < -0.4 is 4.74 Å². The highest BCUT2D eigenvalue weighted by Crippen LogP contribution is 2.23. The van der Waals surface area contributed by atoms with Crippen LogP contribution in [-0.2, 0) is 14.9 Å². The molecule has 0 radical (unpaired) electrons. The average molecular weight is 343 g/mol. The lowest BCUT2D eigenvalue weighted by Gasteiger charge is -2.19. The summed E-state index contributed by atoms with van der Waals surface area (Å²) < 4.78 is 10.6. The van der Waals surface area contributed by atoms with Gasteiger partial charge in [0.25, 0.3) is 0 Å². The van der Waals surface area contributed by atoms with Gasteiger partial charge in [0.15, 0.2) is 12.4 Å². The fourth-order valence-electron chi connectivity index (χ4n) is 1.55. The Balaban J connectivity index is 2.73. The maximum Gasteiger partial charge on any atom is 0.344 e. The van der Waals surface area contributed by atoms with Gasteiger partial charge in [0.1, 0.15) is 11.4 Å². The Morgan fingerprint density at radius 1 is 1.25 bits per heavy atom. The number of carbonyl (C=O) groups is 2. The van der Waals surface area contributed by atoms with Crippen molar-refractivity contribution < 1.29 is 19.1 Å². The van der Waals surface area contributed by atoms with E-state index in [1.165, 1.54) is 6.92 Å². The molecular formula is C15H19BrO4. The van der Waals surface area contributed by atoms with Crippen molar-refractivity contribution in [2.24, 2.45) is 0 Å². The Bertz CT molecular complexity index is 503. The molecule has 0 aliphatic heterocycles. The second-order valence-electron chi connectivity index (χ2n) is 5.39. The van der Waals surface area contributed by atoms with Crippen molar-refractivity contribution in [1.29, 1.82) is 0 Å². The van der Waals surface area contributed by atoms with Crippen LogP contribution in [0.15, 0.2) is 18.2 Å². The SMILES string of the molecule is CC(=O)c1ccc(OCC(=O)OC(C)(C)C)c(CBr)c1. The number of esters is 1. The number of benzene rings is 1. The molecule has 110 valence electrons. The van der Waals surface area contributed by atoms with Gasteiger partial charge in [-0.3, -0.25) is 4.79 Å². The number of alkyl halides is 1. The molecule has 5 heteroatoms. The summed E-state index contributed by atoms with van der Waals surface area (Å²) in [4.78, 5) is 22.9. The van der Waals surface area contributed by atoms with E-state index >= 15 is 0 Å². The maximum absolute atomic E-state index is 11.6. The van der Waals surface area contributed by atoms with Gasteiger partial charge in [-0.1, -0.05) is 15.9 Å². The molecule has 0 heterocycles. The van der Waals surface area contributed by atoms with Gasteiger partial charge in [-0.15, -0.1) is 0 Å². The van der Waals surface area contributed by atoms with E-state index in [-0.39, 0.29) is 12.4 Å². The van der Waals surface area contributed by atoms with Crippen molar-refractivity contribution >= 4 is 27.7 Å². The van der Waals surface area contributed by atoms with E-state index in [0.717, 1.165) is 5.56 Å². The minimum atomic E-state index is -0.531. The summed E-state index contributed by atoms with van der Waals surface area (Å²) in [5.41, 5.74) is 0.905. The summed E-state index contributed by atoms with van der Waals surface area (Å²) in [7, 11) is 0. The summed E-state index contributed by atoms with van der Waals surface area (Å²) in [5.74, 6) is 0.136. The van der Waals surface area contributed by atoms with Crippen LogP contribution in [0.3, 0.4) is 0 Å². The summed E-state index contributed by atoms with van der Waals surface area (Å²) in [6, 6.07) is 5.12. The molecule has 0 saturated carbocycles. The van der Waals surface area contributed by atoms with Crippen molar-refractivity contribution in [3.05, 3.63) is 29.3 Å². The molecule has 1 rings (SSSR count). The first-order valence-electron chi connectivity index (χ1n) is 6.27. The summed E-state index contributed by atoms with van der Waals surface area (Å²) in [5, 5.41) is 0.539. The molecule has 0 aliphatic carbocycles. The fourth-order valence-corrected chi connectivity index (χ4v) is 1.99. The quantitative estimate of drug-likeness (QED) is 0.466. The van der Waals surface area contributed by atoms with E-state index < -0.39 is 11.6 Å². The van der Waals surface area contributed by atoms with E-state index in [1.807, 2.05) is 0 Å². The van der Waals surface area contributed by atoms with E-state index in [2.05, 4.69) is 15.9 Å². The first-order valence-corrected chi connectivity index (χ1v) is 7.39. The van der Waals surface area contributed by atoms with Crippen molar-refractivity contribution in [1.82, 2.24) is 0 Å². The zero-order chi connectivity index (χ0) is 15.3. The molecule has 0 N–H and O–H groups in total. The van der Waals surface area contributed by atoms with E-state index in [4.69, 9.17) is 9.47 Å². The summed E-state index contributed by atoms with van der Waals surface area (Å²) >= 11 is 3.34. The highest BCUT2D eigenvalue weighted by Gasteiger charge is 2.17. The van der Waals surface area contributed by atoms with Crippen molar-refractivity contribution in [3.8, 4) is 5.75 Å². The highest BCUT2D eigenvalue weighted by atomic mass is 79.9. The van der Waals surface area contributed by atoms with Crippen LogP contribution >= 0.6 is 15.9 Å². The monoisotopic (exact) mass is 342 g/mol. The second kappa shape index (κ2) is 6.88. The number of Topliss-reactive ketones (excluding diaryl/α,β-unsaturated/α-hetero) is 1. The molecule has 0 atom stereocenters. The molecule has 0 spiro atoms. The number of ether oxygens (including phenoxy) is 2. The third-order valence-corrected chi connectivity index (χ3v) is 2.98. The van der Waals surface area contributed by atoms with Gasteiger partial charge in [0, 0.05) is 16.5 Å². The van der Waals surface area contributed by atoms with Crippen molar-refractivity contribution in [2.75, 3.05) is 6.61 Å². The zero-order valence-corrected chi connectivity index (χ0v) is 13.7. The molecule has 20 heavy (non-hydrogen) atoms. The molecule has 1 aromatic rings. The van der Waals surface area contributed by atoms with Crippen LogP contribution in [0.2, 0.25) is 0 Å². The lowest BCUT2D eigenvalue weighted by molar-refractivity contribution is -0.157. The minimum Gasteiger partial charge on any atom is -0.482 e. The van der Waals surface area contributed by atoms with Crippen LogP contribution in [0.25, 0.3) is 0 Å². The lowest BCUT2D eigenvalue weighted by atomic mass is 10.1. The molecular weight excluding hydrogens is 324 g/mol. The molecule has 0 amide bonds. The number of rotatable bonds is 5. The number of ketones is 1. The van der Waals surface area contributed by atoms with Gasteiger partial charge in [-0.2, -0.15) is 0 Å². The minimum absolute atomic E-state index is 0.00843. The first-order chi connectivity index (χ1) is 9.23. The normalized spacial score (nSPS) is 11.1. The van der Waals surface area contributed by atoms with Gasteiger partial charge >= 0.3 is 5.97 Å². The molecule has 0 aliphatic rings. The Labute approximate surface area is 127 Å². The van der Waals surface area contributed by atoms with Gasteiger partial charge < -0.3 is 9.47 Å². The molecule has 0 bridgehead atoms. The highest BCUT2D eigenvalue weighted by molar-refractivity contribution is 9.08. The number of halogens is 1. The molecule has 0 saturated heterocycles. The summed E-state index contributed by atoms with van der Waals surface area (Å²) in [6.07, 6.45) is 0. The van der Waals surface area contributed by atoms with Crippen molar-refractivity contribution in [2.45, 2.75) is 38.6 Å². The van der Waals surface area contributed by atoms with Gasteiger partial charge in [-0.25, -0.2) is 4.79 Å². The standard InChI is InChI=1S/C15H19BrO4/c1-10(17)11-5-6-13(12(7-11)8-16)19-9-14(18)20-15(2,3)4/h5-7H,8-9H2,1-4H3. The van der Waals surface area contributed by atoms with Gasteiger partial charge in [-0.05, 0) is 45.9 Å². The Morgan fingerprint density at radius 3 is 2.40 bits per heavy atom. The molecule has 0 unspecified atom stereocenters. The Morgan fingerprint density at radius 2 is 1.90 bits per heavy atom. The largest absolute Gasteiger partial charge is 0.482 e. The van der Waals surface area contributed by atoms with Crippen molar-refractivity contribution in [3.63, 3.8) is 0 Å². The van der Waals surface area contributed by atoms with Crippen LogP contribution in [0.1, 0.15) is 43.6 Å². The third kappa shape index (κ3) is 5.33. The smallest absolute Gasteiger partial charge is 0.344 e. The molecule has 1 aromatic carbocycles. The van der Waals surface area contributed by atoms with E-state index in [1.54, 1.807) is 39.0 Å². The van der Waals surface area contributed by atoms with Crippen LogP contribution in [-0.4, -0.2) is 24.0 Å². The number of hydrogen-bond acceptors (Lipinski definition) is 4. The van der Waals surface area contributed by atoms with Crippen LogP contribution in [0.4, 0.5) is 0 Å². The first kappa shape index (κ1) is 16.7. The van der Waals surface area contributed by atoms with E-state index in [9.17, 15) is 9.59 Å². The summed E-state index contributed by atoms with van der Waals surface area (Å²) in [6.45, 7) is 6.76. The average Bonchev–Trinajstić information content (AvgIpc) is 2.33. The number of hydrogen-bond donors (Lipinski definition) is 0. The second-order valence-corrected chi connectivity index (χ2v) is 5.95. The number of carbonyl (C=O) groups excluding carboxylic acids is 2. The fraction of sp³-hybridized carbons (Fsp3) is 0.467. The third-order valence-electron chi connectivity index (χ3n) is 2.38. The molecule has 4 nitrogen and oxygen atoms in total. The lowest BCUT2D eigenvalue weighted by Crippen LogP contribution is -2.27. The maximum atomic E-state index is 11.6. The van der Waals surface area contributed by atoms with Gasteiger partial charge in [0.2, 0.25) is 0 Å².